The molecule has 2 atom stereocenters. The average molecular weight is 356 g/mol. The average Bonchev–Trinajstić information content (AvgIpc) is 3.14. The Balaban J connectivity index is 1.75. The van der Waals surface area contributed by atoms with Crippen LogP contribution in [0.5, 0.6) is 0 Å². The van der Waals surface area contributed by atoms with Gasteiger partial charge in [0.1, 0.15) is 11.5 Å². The van der Waals surface area contributed by atoms with Gasteiger partial charge in [-0.1, -0.05) is 0 Å². The second kappa shape index (κ2) is 6.85. The van der Waals surface area contributed by atoms with Gasteiger partial charge in [-0.05, 0) is 31.9 Å². The number of nitrogens with one attached hydrogen (secondary N) is 1. The molecule has 1 N–H and O–H groups in total. The number of furan rings is 1. The number of carbonyl (C=O) groups is 1. The van der Waals surface area contributed by atoms with E-state index in [1.165, 1.54) is 10.6 Å². The maximum atomic E-state index is 12.5. The van der Waals surface area contributed by atoms with Gasteiger partial charge < -0.3 is 14.5 Å². The van der Waals surface area contributed by atoms with Crippen LogP contribution in [-0.2, 0) is 19.6 Å². The molecule has 2 fully saturated rings. The molecule has 0 spiro atoms. The van der Waals surface area contributed by atoms with Crippen LogP contribution in [0, 0.1) is 12.8 Å². The van der Waals surface area contributed by atoms with E-state index in [0.29, 0.717) is 32.6 Å². The van der Waals surface area contributed by atoms with Crippen LogP contribution in [0.2, 0.25) is 0 Å². The van der Waals surface area contributed by atoms with Gasteiger partial charge in [-0.25, -0.2) is 8.42 Å². The molecule has 0 radical (unpaired) electrons. The van der Waals surface area contributed by atoms with Crippen LogP contribution >= 0.6 is 0 Å². The molecule has 3 rings (SSSR count). The van der Waals surface area contributed by atoms with E-state index in [2.05, 4.69) is 5.32 Å². The molecule has 2 aliphatic heterocycles. The summed E-state index contributed by atoms with van der Waals surface area (Å²) < 4.78 is 36.2. The number of hydrogen-bond donors (Lipinski definition) is 1. The summed E-state index contributed by atoms with van der Waals surface area (Å²) in [5.41, 5.74) is 0. The Morgan fingerprint density at radius 2 is 1.96 bits per heavy atom. The third-order valence-corrected chi connectivity index (χ3v) is 6.04. The lowest BCUT2D eigenvalue weighted by atomic mass is 9.96. The van der Waals surface area contributed by atoms with Gasteiger partial charge in [-0.3, -0.25) is 4.79 Å². The fourth-order valence-corrected chi connectivity index (χ4v) is 4.25. The summed E-state index contributed by atoms with van der Waals surface area (Å²) in [5.74, 6) is 1.24. The summed E-state index contributed by atoms with van der Waals surface area (Å²) >= 11 is 0. The smallest absolute Gasteiger partial charge is 0.223 e. The third kappa shape index (κ3) is 3.81. The van der Waals surface area contributed by atoms with E-state index in [1.807, 2.05) is 19.1 Å². The zero-order chi connectivity index (χ0) is 17.3. The first kappa shape index (κ1) is 17.4. The maximum Gasteiger partial charge on any atom is 0.223 e. The van der Waals surface area contributed by atoms with Crippen LogP contribution in [0.4, 0.5) is 0 Å². The van der Waals surface area contributed by atoms with Crippen molar-refractivity contribution in [3.8, 4) is 0 Å². The van der Waals surface area contributed by atoms with Crippen LogP contribution in [0.15, 0.2) is 16.5 Å². The molecular weight excluding hydrogens is 332 g/mol. The molecule has 0 unspecified atom stereocenters. The zero-order valence-corrected chi connectivity index (χ0v) is 14.8. The number of carbonyl (C=O) groups excluding carboxylic acids is 1. The first-order valence-electron chi connectivity index (χ1n) is 8.24. The predicted molar refractivity (Wildman–Crippen MR) is 88.1 cm³/mol. The molecule has 0 saturated carbocycles. The first-order chi connectivity index (χ1) is 11.3. The minimum absolute atomic E-state index is 0.0214. The molecule has 2 saturated heterocycles. The van der Waals surface area contributed by atoms with Gasteiger partial charge in [-0.2, -0.15) is 4.31 Å². The van der Waals surface area contributed by atoms with Crippen LogP contribution < -0.4 is 5.32 Å². The minimum Gasteiger partial charge on any atom is -0.466 e. The molecule has 1 aromatic heterocycles. The summed E-state index contributed by atoms with van der Waals surface area (Å²) in [4.78, 5) is 12.5. The van der Waals surface area contributed by atoms with Crippen molar-refractivity contribution in [2.45, 2.75) is 31.7 Å². The van der Waals surface area contributed by atoms with E-state index < -0.39 is 10.0 Å². The van der Waals surface area contributed by atoms with Gasteiger partial charge in [0.25, 0.3) is 0 Å². The van der Waals surface area contributed by atoms with Gasteiger partial charge in [-0.15, -0.1) is 0 Å². The number of aryl methyl sites for hydroxylation is 1. The van der Waals surface area contributed by atoms with Crippen molar-refractivity contribution in [3.63, 3.8) is 0 Å². The lowest BCUT2D eigenvalue weighted by molar-refractivity contribution is -0.128. The third-order valence-electron chi connectivity index (χ3n) is 4.80. The first-order valence-corrected chi connectivity index (χ1v) is 10.1. The Hall–Kier alpha value is -1.38. The van der Waals surface area contributed by atoms with Crippen molar-refractivity contribution in [3.05, 3.63) is 23.7 Å². The molecule has 1 aromatic rings. The maximum absolute atomic E-state index is 12.5. The van der Waals surface area contributed by atoms with Gasteiger partial charge in [0.05, 0.1) is 18.2 Å². The number of amides is 1. The largest absolute Gasteiger partial charge is 0.466 e. The molecule has 7 nitrogen and oxygen atoms in total. The van der Waals surface area contributed by atoms with Crippen molar-refractivity contribution in [1.29, 1.82) is 0 Å². The van der Waals surface area contributed by atoms with Crippen LogP contribution in [0.1, 0.15) is 30.3 Å². The fraction of sp³-hybridized carbons (Fsp3) is 0.688. The van der Waals surface area contributed by atoms with Crippen molar-refractivity contribution in [2.75, 3.05) is 32.6 Å². The normalized spacial score (nSPS) is 26.6. The number of sulfonamides is 1. The monoisotopic (exact) mass is 356 g/mol. The topological polar surface area (TPSA) is 88.9 Å². The highest BCUT2D eigenvalue weighted by Gasteiger charge is 2.41. The van der Waals surface area contributed by atoms with Gasteiger partial charge >= 0.3 is 0 Å². The molecule has 134 valence electrons. The number of hydrogen-bond acceptors (Lipinski definition) is 5. The Morgan fingerprint density at radius 3 is 2.54 bits per heavy atom. The van der Waals surface area contributed by atoms with Gasteiger partial charge in [0.2, 0.25) is 15.9 Å². The van der Waals surface area contributed by atoms with Crippen molar-refractivity contribution < 1.29 is 22.4 Å². The summed E-state index contributed by atoms with van der Waals surface area (Å²) in [7, 11) is -3.31. The Labute approximate surface area is 142 Å². The fourth-order valence-electron chi connectivity index (χ4n) is 3.39. The summed E-state index contributed by atoms with van der Waals surface area (Å²) in [6, 6.07) is 3.44. The Bertz CT molecular complexity index is 693. The van der Waals surface area contributed by atoms with E-state index in [0.717, 1.165) is 11.5 Å². The van der Waals surface area contributed by atoms with Crippen molar-refractivity contribution >= 4 is 15.9 Å². The Kier molecular flexibility index (Phi) is 4.98. The number of rotatable bonds is 4. The van der Waals surface area contributed by atoms with Crippen LogP contribution in [0.25, 0.3) is 0 Å². The minimum atomic E-state index is -3.31. The lowest BCUT2D eigenvalue weighted by Crippen LogP contribution is -2.44. The zero-order valence-electron chi connectivity index (χ0n) is 14.0. The van der Waals surface area contributed by atoms with E-state index in [4.69, 9.17) is 9.15 Å². The second-order valence-electron chi connectivity index (χ2n) is 6.64. The molecule has 0 bridgehead atoms. The Morgan fingerprint density at radius 1 is 1.25 bits per heavy atom. The highest BCUT2D eigenvalue weighted by molar-refractivity contribution is 7.88. The van der Waals surface area contributed by atoms with E-state index in [-0.39, 0.29) is 30.3 Å². The summed E-state index contributed by atoms with van der Waals surface area (Å²) in [6.45, 7) is 3.64. The number of ether oxygens (including phenoxy) is 1. The predicted octanol–water partition coefficient (Wildman–Crippen LogP) is 0.858. The summed E-state index contributed by atoms with van der Waals surface area (Å²) in [5, 5.41) is 3.05. The molecule has 0 aromatic carbocycles. The van der Waals surface area contributed by atoms with E-state index in [1.54, 1.807) is 0 Å². The molecule has 2 aliphatic rings. The van der Waals surface area contributed by atoms with E-state index in [9.17, 15) is 13.2 Å². The molecule has 1 amide bonds. The number of nitrogens with zero attached hydrogens (tertiary/aromatic N) is 1. The molecule has 24 heavy (non-hydrogen) atoms. The quantitative estimate of drug-likeness (QED) is 0.864. The van der Waals surface area contributed by atoms with E-state index >= 15 is 0 Å². The highest BCUT2D eigenvalue weighted by atomic mass is 32.2. The molecule has 8 heteroatoms. The van der Waals surface area contributed by atoms with Crippen LogP contribution in [0.3, 0.4) is 0 Å². The highest BCUT2D eigenvalue weighted by Crippen LogP contribution is 2.31. The molecular formula is C16H24N2O5S. The molecule has 3 heterocycles. The van der Waals surface area contributed by atoms with Gasteiger partial charge in [0, 0.05) is 32.2 Å². The SMILES string of the molecule is Cc1ccc([C@@H]2CN(S(C)(=O)=O)C[C@H]2NC(=O)C2CCOCC2)o1. The molecule has 0 aliphatic carbocycles. The second-order valence-corrected chi connectivity index (χ2v) is 8.62. The standard InChI is InChI=1S/C16H24N2O5S/c1-11-3-4-15(23-11)13-9-18(24(2,20)21)10-14(13)17-16(19)12-5-7-22-8-6-12/h3-4,12-14H,5-10H2,1-2H3,(H,17,19)/t13-,14-/m1/s1. The summed E-state index contributed by atoms with van der Waals surface area (Å²) in [6.07, 6.45) is 2.61. The van der Waals surface area contributed by atoms with Crippen molar-refractivity contribution in [2.24, 2.45) is 5.92 Å². The van der Waals surface area contributed by atoms with Gasteiger partial charge in [0.15, 0.2) is 0 Å². The lowest BCUT2D eigenvalue weighted by Gasteiger charge is -2.25. The van der Waals surface area contributed by atoms with Crippen molar-refractivity contribution in [1.82, 2.24) is 9.62 Å². The van der Waals surface area contributed by atoms with Crippen LogP contribution in [-0.4, -0.2) is 57.2 Å².